The predicted octanol–water partition coefficient (Wildman–Crippen LogP) is 1.66. The van der Waals surface area contributed by atoms with E-state index in [1.807, 2.05) is 14.0 Å². The molecule has 8 heteroatoms. The lowest BCUT2D eigenvalue weighted by atomic mass is 10.1. The maximum atomic E-state index is 12.7. The van der Waals surface area contributed by atoms with Crippen molar-refractivity contribution in [2.45, 2.75) is 38.3 Å². The molecular formula is C19H22N4O4. The largest absolute Gasteiger partial charge is 0.376 e. The second-order valence-electron chi connectivity index (χ2n) is 7.03. The average Bonchev–Trinajstić information content (AvgIpc) is 3.40. The van der Waals surface area contributed by atoms with E-state index in [2.05, 4.69) is 15.5 Å². The van der Waals surface area contributed by atoms with Gasteiger partial charge in [-0.1, -0.05) is 5.16 Å². The number of ether oxygens (including phenoxy) is 1. The number of hydrogen-bond donors (Lipinski definition) is 1. The number of aromatic nitrogens is 2. The van der Waals surface area contributed by atoms with Crippen molar-refractivity contribution < 1.29 is 18.8 Å². The number of benzene rings is 1. The third-order valence-electron chi connectivity index (χ3n) is 5.08. The predicted molar refractivity (Wildman–Crippen MR) is 96.3 cm³/mol. The quantitative estimate of drug-likeness (QED) is 0.772. The van der Waals surface area contributed by atoms with E-state index in [1.165, 1.54) is 4.90 Å². The molecule has 8 nitrogen and oxygen atoms in total. The standard InChI is InChI=1S/C19H22N4O4/c1-11(20-2)8-16-21-17(27-22-16)12-5-6-14-15(9-12)19(25)23(18(14)24)10-13-4-3-7-26-13/h5-6,9,11,13,20H,3-4,7-8,10H2,1-2H3. The Bertz CT molecular complexity index is 872. The first kappa shape index (κ1) is 17.8. The van der Waals surface area contributed by atoms with Crippen LogP contribution in [0.3, 0.4) is 0 Å². The van der Waals surface area contributed by atoms with Crippen LogP contribution in [-0.4, -0.2) is 59.2 Å². The van der Waals surface area contributed by atoms with E-state index < -0.39 is 0 Å². The van der Waals surface area contributed by atoms with Crippen LogP contribution in [0.1, 0.15) is 46.3 Å². The second-order valence-corrected chi connectivity index (χ2v) is 7.03. The topological polar surface area (TPSA) is 97.6 Å². The van der Waals surface area contributed by atoms with Crippen molar-refractivity contribution in [2.75, 3.05) is 20.2 Å². The average molecular weight is 370 g/mol. The van der Waals surface area contributed by atoms with Crippen LogP contribution in [0.25, 0.3) is 11.5 Å². The van der Waals surface area contributed by atoms with E-state index in [9.17, 15) is 9.59 Å². The van der Waals surface area contributed by atoms with Crippen molar-refractivity contribution >= 4 is 11.8 Å². The van der Waals surface area contributed by atoms with Gasteiger partial charge in [0.15, 0.2) is 5.82 Å². The van der Waals surface area contributed by atoms with E-state index in [0.29, 0.717) is 48.0 Å². The van der Waals surface area contributed by atoms with E-state index >= 15 is 0 Å². The van der Waals surface area contributed by atoms with Crippen LogP contribution in [0, 0.1) is 0 Å². The lowest BCUT2D eigenvalue weighted by Crippen LogP contribution is -2.36. The molecule has 2 atom stereocenters. The highest BCUT2D eigenvalue weighted by atomic mass is 16.5. The molecule has 1 fully saturated rings. The summed E-state index contributed by atoms with van der Waals surface area (Å²) in [6.07, 6.45) is 2.40. The minimum absolute atomic E-state index is 0.0700. The minimum atomic E-state index is -0.295. The fourth-order valence-electron chi connectivity index (χ4n) is 3.41. The van der Waals surface area contributed by atoms with Gasteiger partial charge in [-0.3, -0.25) is 14.5 Å². The van der Waals surface area contributed by atoms with Gasteiger partial charge in [-0.25, -0.2) is 0 Å². The van der Waals surface area contributed by atoms with Crippen molar-refractivity contribution in [1.29, 1.82) is 0 Å². The molecule has 3 heterocycles. The summed E-state index contributed by atoms with van der Waals surface area (Å²) in [5, 5.41) is 7.11. The van der Waals surface area contributed by atoms with Crippen molar-refractivity contribution in [3.8, 4) is 11.5 Å². The zero-order chi connectivity index (χ0) is 19.0. The number of amides is 2. The number of imide groups is 1. The first-order valence-corrected chi connectivity index (χ1v) is 9.19. The van der Waals surface area contributed by atoms with E-state index in [4.69, 9.17) is 9.26 Å². The maximum Gasteiger partial charge on any atom is 0.261 e. The number of carbonyl (C=O) groups excluding carboxylic acids is 2. The summed E-state index contributed by atoms with van der Waals surface area (Å²) in [6.45, 7) is 3.01. The van der Waals surface area contributed by atoms with Gasteiger partial charge in [-0.05, 0) is 45.0 Å². The number of hydrogen-bond acceptors (Lipinski definition) is 7. The van der Waals surface area contributed by atoms with Gasteiger partial charge in [-0.15, -0.1) is 0 Å². The number of nitrogens with zero attached hydrogens (tertiary/aromatic N) is 3. The summed E-state index contributed by atoms with van der Waals surface area (Å²) < 4.78 is 10.9. The Morgan fingerprint density at radius 1 is 1.30 bits per heavy atom. The number of rotatable bonds is 6. The molecule has 142 valence electrons. The molecule has 2 aromatic rings. The van der Waals surface area contributed by atoms with Gasteiger partial charge in [0.05, 0.1) is 23.8 Å². The third-order valence-corrected chi connectivity index (χ3v) is 5.08. The van der Waals surface area contributed by atoms with Crippen LogP contribution in [-0.2, 0) is 11.2 Å². The van der Waals surface area contributed by atoms with Crippen LogP contribution in [0.2, 0.25) is 0 Å². The fraction of sp³-hybridized carbons (Fsp3) is 0.474. The van der Waals surface area contributed by atoms with Crippen LogP contribution < -0.4 is 5.32 Å². The maximum absolute atomic E-state index is 12.7. The Kier molecular flexibility index (Phi) is 4.75. The molecule has 1 aromatic carbocycles. The lowest BCUT2D eigenvalue weighted by Gasteiger charge is -2.17. The monoisotopic (exact) mass is 370 g/mol. The van der Waals surface area contributed by atoms with Crippen LogP contribution >= 0.6 is 0 Å². The molecule has 2 amide bonds. The summed E-state index contributed by atoms with van der Waals surface area (Å²) in [7, 11) is 1.87. The summed E-state index contributed by atoms with van der Waals surface area (Å²) >= 11 is 0. The van der Waals surface area contributed by atoms with Crippen molar-refractivity contribution in [3.63, 3.8) is 0 Å². The van der Waals surface area contributed by atoms with E-state index in [-0.39, 0.29) is 24.0 Å². The van der Waals surface area contributed by atoms with Gasteiger partial charge in [0.1, 0.15) is 0 Å². The number of nitrogens with one attached hydrogen (secondary N) is 1. The number of likely N-dealkylation sites (N-methyl/N-ethyl adjacent to an activating group) is 1. The highest BCUT2D eigenvalue weighted by Crippen LogP contribution is 2.29. The smallest absolute Gasteiger partial charge is 0.261 e. The number of fused-ring (bicyclic) bond motifs is 1. The molecule has 2 unspecified atom stereocenters. The molecule has 4 rings (SSSR count). The van der Waals surface area contributed by atoms with E-state index in [0.717, 1.165) is 12.8 Å². The minimum Gasteiger partial charge on any atom is -0.376 e. The first-order chi connectivity index (χ1) is 13.1. The summed E-state index contributed by atoms with van der Waals surface area (Å²) in [6, 6.07) is 5.27. The highest BCUT2D eigenvalue weighted by molar-refractivity contribution is 6.21. The van der Waals surface area contributed by atoms with E-state index in [1.54, 1.807) is 18.2 Å². The summed E-state index contributed by atoms with van der Waals surface area (Å²) in [5.74, 6) is 0.366. The zero-order valence-electron chi connectivity index (χ0n) is 15.4. The van der Waals surface area contributed by atoms with Crippen LogP contribution in [0.5, 0.6) is 0 Å². The summed E-state index contributed by atoms with van der Waals surface area (Å²) in [4.78, 5) is 31.0. The van der Waals surface area contributed by atoms with Crippen LogP contribution in [0.4, 0.5) is 0 Å². The Labute approximate surface area is 156 Å². The highest BCUT2D eigenvalue weighted by Gasteiger charge is 2.37. The molecule has 1 aromatic heterocycles. The van der Waals surface area contributed by atoms with Crippen molar-refractivity contribution in [3.05, 3.63) is 35.2 Å². The van der Waals surface area contributed by atoms with Gasteiger partial charge < -0.3 is 14.6 Å². The van der Waals surface area contributed by atoms with Gasteiger partial charge in [-0.2, -0.15) is 4.98 Å². The molecular weight excluding hydrogens is 348 g/mol. The van der Waals surface area contributed by atoms with Gasteiger partial charge in [0.2, 0.25) is 0 Å². The molecule has 27 heavy (non-hydrogen) atoms. The molecule has 0 radical (unpaired) electrons. The van der Waals surface area contributed by atoms with Crippen molar-refractivity contribution in [2.24, 2.45) is 0 Å². The van der Waals surface area contributed by atoms with Gasteiger partial charge in [0.25, 0.3) is 17.7 Å². The number of carbonyl (C=O) groups is 2. The zero-order valence-corrected chi connectivity index (χ0v) is 15.4. The SMILES string of the molecule is CNC(C)Cc1noc(-c2ccc3c(c2)C(=O)N(CC2CCCO2)C3=O)n1. The Morgan fingerprint density at radius 3 is 2.85 bits per heavy atom. The molecule has 0 saturated carbocycles. The molecule has 2 aliphatic rings. The molecule has 1 saturated heterocycles. The summed E-state index contributed by atoms with van der Waals surface area (Å²) in [5.41, 5.74) is 1.41. The third kappa shape index (κ3) is 3.38. The van der Waals surface area contributed by atoms with Crippen molar-refractivity contribution in [1.82, 2.24) is 20.4 Å². The molecule has 1 N–H and O–H groups in total. The lowest BCUT2D eigenvalue weighted by molar-refractivity contribution is 0.0475. The Morgan fingerprint density at radius 2 is 2.11 bits per heavy atom. The Hall–Kier alpha value is -2.58. The second kappa shape index (κ2) is 7.21. The van der Waals surface area contributed by atoms with Crippen LogP contribution in [0.15, 0.2) is 22.7 Å². The fourth-order valence-corrected chi connectivity index (χ4v) is 3.41. The van der Waals surface area contributed by atoms with Gasteiger partial charge in [0, 0.05) is 24.6 Å². The molecule has 0 spiro atoms. The first-order valence-electron chi connectivity index (χ1n) is 9.19. The normalized spacial score (nSPS) is 20.4. The Balaban J connectivity index is 1.55. The molecule has 0 bridgehead atoms. The van der Waals surface area contributed by atoms with Gasteiger partial charge >= 0.3 is 0 Å². The molecule has 0 aliphatic carbocycles. The molecule has 2 aliphatic heterocycles.